The number of hydrogen-bond acceptors (Lipinski definition) is 3. The average molecular weight is 306 g/mol. The largest absolute Gasteiger partial charge is 0.381 e. The molecule has 4 heteroatoms. The zero-order valence-electron chi connectivity index (χ0n) is 13.7. The van der Waals surface area contributed by atoms with Crippen LogP contribution in [0.25, 0.3) is 0 Å². The second-order valence-electron chi connectivity index (χ2n) is 8.26. The van der Waals surface area contributed by atoms with Crippen LogP contribution in [0.5, 0.6) is 0 Å². The highest BCUT2D eigenvalue weighted by atomic mass is 16.5. The second-order valence-corrected chi connectivity index (χ2v) is 8.26. The van der Waals surface area contributed by atoms with E-state index in [4.69, 9.17) is 10.5 Å². The van der Waals surface area contributed by atoms with Gasteiger partial charge in [-0.2, -0.15) is 0 Å². The van der Waals surface area contributed by atoms with Gasteiger partial charge in [-0.1, -0.05) is 0 Å². The lowest BCUT2D eigenvalue weighted by Crippen LogP contribution is -2.57. The molecule has 2 atom stereocenters. The van der Waals surface area contributed by atoms with Crippen LogP contribution in [0.2, 0.25) is 0 Å². The van der Waals surface area contributed by atoms with Crippen molar-refractivity contribution in [3.05, 3.63) is 0 Å². The van der Waals surface area contributed by atoms with Crippen molar-refractivity contribution in [1.82, 2.24) is 4.90 Å². The van der Waals surface area contributed by atoms with Crippen molar-refractivity contribution in [2.45, 2.75) is 57.1 Å². The lowest BCUT2D eigenvalue weighted by Gasteiger charge is -2.55. The highest BCUT2D eigenvalue weighted by Gasteiger charge is 2.52. The molecule has 124 valence electrons. The van der Waals surface area contributed by atoms with Gasteiger partial charge in [-0.15, -0.1) is 0 Å². The van der Waals surface area contributed by atoms with Crippen LogP contribution in [0.4, 0.5) is 0 Å². The first kappa shape index (κ1) is 14.9. The normalized spacial score (nSPS) is 47.0. The van der Waals surface area contributed by atoms with Gasteiger partial charge in [0, 0.05) is 32.2 Å². The molecule has 4 saturated carbocycles. The number of hydrogen-bond donors (Lipinski definition) is 1. The van der Waals surface area contributed by atoms with Gasteiger partial charge in [0.2, 0.25) is 5.91 Å². The summed E-state index contributed by atoms with van der Waals surface area (Å²) in [6, 6.07) is 0.184. The fourth-order valence-electron chi connectivity index (χ4n) is 6.26. The Morgan fingerprint density at radius 2 is 1.73 bits per heavy atom. The maximum atomic E-state index is 13.3. The van der Waals surface area contributed by atoms with Crippen molar-refractivity contribution in [3.8, 4) is 0 Å². The minimum absolute atomic E-state index is 0.184. The van der Waals surface area contributed by atoms with Gasteiger partial charge in [0.05, 0.1) is 6.10 Å². The molecule has 0 aromatic rings. The van der Waals surface area contributed by atoms with E-state index in [9.17, 15) is 4.79 Å². The zero-order chi connectivity index (χ0) is 15.3. The second kappa shape index (κ2) is 5.79. The molecule has 0 aromatic heterocycles. The third-order valence-electron chi connectivity index (χ3n) is 7.07. The first-order valence-electron chi connectivity index (χ1n) is 9.23. The molecule has 0 radical (unpaired) electrons. The van der Waals surface area contributed by atoms with Crippen molar-refractivity contribution >= 4 is 5.91 Å². The van der Waals surface area contributed by atoms with Gasteiger partial charge in [0.25, 0.3) is 0 Å². The fraction of sp³-hybridized carbons (Fsp3) is 0.944. The molecule has 1 aliphatic heterocycles. The van der Waals surface area contributed by atoms with E-state index < -0.39 is 0 Å². The van der Waals surface area contributed by atoms with Gasteiger partial charge in [-0.3, -0.25) is 4.79 Å². The van der Waals surface area contributed by atoms with Gasteiger partial charge in [-0.05, 0) is 68.6 Å². The average Bonchev–Trinajstić information content (AvgIpc) is 2.53. The van der Waals surface area contributed by atoms with E-state index in [-0.39, 0.29) is 12.1 Å². The summed E-state index contributed by atoms with van der Waals surface area (Å²) in [5.41, 5.74) is 5.97. The smallest absolute Gasteiger partial charge is 0.226 e. The Bertz CT molecular complexity index is 411. The number of likely N-dealkylation sites (tertiary alicyclic amines) is 1. The van der Waals surface area contributed by atoms with Crippen molar-refractivity contribution in [2.75, 3.05) is 20.2 Å². The van der Waals surface area contributed by atoms with E-state index >= 15 is 0 Å². The van der Waals surface area contributed by atoms with E-state index in [1.54, 1.807) is 7.11 Å². The van der Waals surface area contributed by atoms with Gasteiger partial charge in [-0.25, -0.2) is 0 Å². The Morgan fingerprint density at radius 3 is 2.27 bits per heavy atom. The van der Waals surface area contributed by atoms with Crippen molar-refractivity contribution < 1.29 is 9.53 Å². The van der Waals surface area contributed by atoms with Crippen molar-refractivity contribution in [3.63, 3.8) is 0 Å². The molecule has 4 nitrogen and oxygen atoms in total. The van der Waals surface area contributed by atoms with Crippen molar-refractivity contribution in [2.24, 2.45) is 35.3 Å². The maximum Gasteiger partial charge on any atom is 0.226 e. The molecule has 4 bridgehead atoms. The molecule has 0 aromatic carbocycles. The minimum atomic E-state index is 0.184. The molecular formula is C18H30N2O2. The summed E-state index contributed by atoms with van der Waals surface area (Å²) in [7, 11) is 1.77. The standard InChI is InChI=1S/C18H30N2O2/c1-22-16-2-3-20(15(9-16)10-19)18(21)17-13-5-11-4-12(7-13)8-14(17)6-11/h11-17H,2-10,19H2,1H3. The van der Waals surface area contributed by atoms with E-state index in [0.29, 0.717) is 30.2 Å². The van der Waals surface area contributed by atoms with Crippen molar-refractivity contribution in [1.29, 1.82) is 0 Å². The monoisotopic (exact) mass is 306 g/mol. The molecule has 22 heavy (non-hydrogen) atoms. The molecule has 1 amide bonds. The van der Waals surface area contributed by atoms with Crippen LogP contribution in [-0.4, -0.2) is 43.2 Å². The number of piperidine rings is 1. The number of nitrogens with two attached hydrogens (primary N) is 1. The zero-order valence-corrected chi connectivity index (χ0v) is 13.7. The SMILES string of the molecule is COC1CCN(C(=O)C2C3CC4CC(C3)CC2C4)C(CN)C1. The summed E-state index contributed by atoms with van der Waals surface area (Å²) in [4.78, 5) is 15.4. The molecule has 5 fully saturated rings. The summed E-state index contributed by atoms with van der Waals surface area (Å²) < 4.78 is 5.50. The van der Waals surface area contributed by atoms with Gasteiger partial charge >= 0.3 is 0 Å². The minimum Gasteiger partial charge on any atom is -0.381 e. The van der Waals surface area contributed by atoms with Gasteiger partial charge < -0.3 is 15.4 Å². The summed E-state index contributed by atoms with van der Waals surface area (Å²) in [5, 5.41) is 0. The van der Waals surface area contributed by atoms with Crippen LogP contribution in [0, 0.1) is 29.6 Å². The fourth-order valence-corrected chi connectivity index (χ4v) is 6.26. The van der Waals surface area contributed by atoms with Crippen LogP contribution < -0.4 is 5.73 Å². The van der Waals surface area contributed by atoms with E-state index in [1.165, 1.54) is 32.1 Å². The highest BCUT2D eigenvalue weighted by Crippen LogP contribution is 2.57. The predicted molar refractivity (Wildman–Crippen MR) is 85.1 cm³/mol. The van der Waals surface area contributed by atoms with Gasteiger partial charge in [0.15, 0.2) is 0 Å². The van der Waals surface area contributed by atoms with E-state index in [2.05, 4.69) is 4.90 Å². The number of amides is 1. The van der Waals surface area contributed by atoms with E-state index in [1.807, 2.05) is 0 Å². The highest BCUT2D eigenvalue weighted by molar-refractivity contribution is 5.80. The molecule has 5 rings (SSSR count). The van der Waals surface area contributed by atoms with Crippen LogP contribution in [0.3, 0.4) is 0 Å². The quantitative estimate of drug-likeness (QED) is 0.868. The predicted octanol–water partition coefficient (Wildman–Crippen LogP) is 2.02. The third kappa shape index (κ3) is 2.39. The number of rotatable bonds is 3. The lowest BCUT2D eigenvalue weighted by molar-refractivity contribution is -0.154. The van der Waals surface area contributed by atoms with Crippen LogP contribution in [-0.2, 0) is 9.53 Å². The number of carbonyl (C=O) groups is 1. The van der Waals surface area contributed by atoms with Crippen LogP contribution >= 0.6 is 0 Å². The summed E-state index contributed by atoms with van der Waals surface area (Å²) in [6.07, 6.45) is 8.83. The summed E-state index contributed by atoms with van der Waals surface area (Å²) in [5.74, 6) is 3.93. The molecule has 4 aliphatic carbocycles. The topological polar surface area (TPSA) is 55.6 Å². The Morgan fingerprint density at radius 1 is 1.09 bits per heavy atom. The molecular weight excluding hydrogens is 276 g/mol. The van der Waals surface area contributed by atoms with Crippen LogP contribution in [0.1, 0.15) is 44.9 Å². The summed E-state index contributed by atoms with van der Waals surface area (Å²) in [6.45, 7) is 1.40. The first-order valence-corrected chi connectivity index (χ1v) is 9.23. The molecule has 1 heterocycles. The third-order valence-corrected chi connectivity index (χ3v) is 7.07. The number of nitrogens with zero attached hydrogens (tertiary/aromatic N) is 1. The maximum absolute atomic E-state index is 13.3. The Kier molecular flexibility index (Phi) is 3.93. The molecule has 2 unspecified atom stereocenters. The first-order chi connectivity index (χ1) is 10.7. The molecule has 2 N–H and O–H groups in total. The number of ether oxygens (including phenoxy) is 1. The number of methoxy groups -OCH3 is 1. The van der Waals surface area contributed by atoms with Crippen LogP contribution in [0.15, 0.2) is 0 Å². The molecule has 0 spiro atoms. The van der Waals surface area contributed by atoms with Gasteiger partial charge in [0.1, 0.15) is 0 Å². The van der Waals surface area contributed by atoms with E-state index in [0.717, 1.165) is 31.2 Å². The Balaban J connectivity index is 1.49. The summed E-state index contributed by atoms with van der Waals surface area (Å²) >= 11 is 0. The Labute approximate surface area is 133 Å². The molecule has 1 saturated heterocycles. The Hall–Kier alpha value is -0.610. The molecule has 5 aliphatic rings. The lowest BCUT2D eigenvalue weighted by atomic mass is 9.51. The number of carbonyl (C=O) groups excluding carboxylic acids is 1.